The van der Waals surface area contributed by atoms with Crippen molar-refractivity contribution >= 4 is 23.5 Å². The van der Waals surface area contributed by atoms with Gasteiger partial charge >= 0.3 is 0 Å². The van der Waals surface area contributed by atoms with E-state index in [4.69, 9.17) is 0 Å². The van der Waals surface area contributed by atoms with Crippen molar-refractivity contribution in [3.63, 3.8) is 0 Å². The van der Waals surface area contributed by atoms with Gasteiger partial charge in [0.05, 0.1) is 4.75 Å². The number of rotatable bonds is 10. The maximum atomic E-state index is 2.32. The van der Waals surface area contributed by atoms with E-state index < -0.39 is 0 Å². The van der Waals surface area contributed by atoms with Crippen molar-refractivity contribution in [1.29, 1.82) is 0 Å². The van der Waals surface area contributed by atoms with E-state index in [1.54, 1.807) is 0 Å². The molecule has 1 atom stereocenters. The van der Waals surface area contributed by atoms with E-state index in [2.05, 4.69) is 98.9 Å². The van der Waals surface area contributed by atoms with Crippen LogP contribution in [0.25, 0.3) is 0 Å². The second-order valence-corrected chi connectivity index (χ2v) is 8.85. The quantitative estimate of drug-likeness (QED) is 0.423. The molecule has 0 aliphatic carbocycles. The number of benzene rings is 2. The first-order valence-corrected chi connectivity index (χ1v) is 11.2. The largest absolute Gasteiger partial charge is 0.161 e. The van der Waals surface area contributed by atoms with Gasteiger partial charge in [0, 0.05) is 11.5 Å². The van der Waals surface area contributed by atoms with Crippen molar-refractivity contribution in [1.82, 2.24) is 0 Å². The molecule has 0 bridgehead atoms. The van der Waals surface area contributed by atoms with Crippen LogP contribution in [0.3, 0.4) is 0 Å². The molecule has 0 fully saturated rings. The fourth-order valence-corrected chi connectivity index (χ4v) is 5.66. The van der Waals surface area contributed by atoms with E-state index in [0.29, 0.717) is 0 Å². The molecule has 0 radical (unpaired) electrons. The standard InChI is InChI=1S/C22H30S2/c1-4-6-16-23-17-18-24-22(5-2,20-10-8-7-9-11-20)21-14-12-19(3)13-15-21/h7-15H,4-6,16-18H2,1-3H3. The van der Waals surface area contributed by atoms with Gasteiger partial charge in [-0.25, -0.2) is 0 Å². The smallest absolute Gasteiger partial charge is 0.0654 e. The van der Waals surface area contributed by atoms with Crippen molar-refractivity contribution in [2.75, 3.05) is 17.3 Å². The van der Waals surface area contributed by atoms with E-state index >= 15 is 0 Å². The minimum absolute atomic E-state index is 0.0697. The lowest BCUT2D eigenvalue weighted by Crippen LogP contribution is -2.23. The number of hydrogen-bond acceptors (Lipinski definition) is 2. The van der Waals surface area contributed by atoms with Gasteiger partial charge in [0.1, 0.15) is 0 Å². The van der Waals surface area contributed by atoms with Gasteiger partial charge < -0.3 is 0 Å². The zero-order valence-electron chi connectivity index (χ0n) is 15.3. The van der Waals surface area contributed by atoms with Gasteiger partial charge in [0.15, 0.2) is 0 Å². The Balaban J connectivity index is 2.19. The zero-order valence-corrected chi connectivity index (χ0v) is 16.9. The minimum atomic E-state index is 0.0697. The number of aryl methyl sites for hydroxylation is 1. The highest BCUT2D eigenvalue weighted by Crippen LogP contribution is 2.45. The van der Waals surface area contributed by atoms with Crippen LogP contribution in [0, 0.1) is 6.92 Å². The molecule has 24 heavy (non-hydrogen) atoms. The van der Waals surface area contributed by atoms with Gasteiger partial charge in [-0.05, 0) is 36.6 Å². The first-order chi connectivity index (χ1) is 11.7. The molecule has 0 heterocycles. The molecule has 0 aromatic heterocycles. The predicted octanol–water partition coefficient (Wildman–Crippen LogP) is 6.92. The first-order valence-electron chi connectivity index (χ1n) is 9.07. The Hall–Kier alpha value is -0.860. The van der Waals surface area contributed by atoms with Crippen molar-refractivity contribution in [2.24, 2.45) is 0 Å². The molecular formula is C22H30S2. The van der Waals surface area contributed by atoms with E-state index in [9.17, 15) is 0 Å². The normalized spacial score (nSPS) is 13.6. The molecule has 2 aromatic carbocycles. The molecule has 0 saturated heterocycles. The molecule has 0 amide bonds. The van der Waals surface area contributed by atoms with Crippen LogP contribution in [0.5, 0.6) is 0 Å². The van der Waals surface area contributed by atoms with Crippen LogP contribution in [-0.2, 0) is 4.75 Å². The van der Waals surface area contributed by atoms with E-state index in [1.165, 1.54) is 46.8 Å². The molecule has 0 N–H and O–H groups in total. The second kappa shape index (κ2) is 10.2. The predicted molar refractivity (Wildman–Crippen MR) is 113 cm³/mol. The summed E-state index contributed by atoms with van der Waals surface area (Å²) in [6, 6.07) is 20.2. The molecule has 2 aromatic rings. The summed E-state index contributed by atoms with van der Waals surface area (Å²) in [5.41, 5.74) is 4.20. The molecule has 1 unspecified atom stereocenters. The lowest BCUT2D eigenvalue weighted by atomic mass is 9.87. The third-order valence-electron chi connectivity index (χ3n) is 4.47. The third kappa shape index (κ3) is 5.07. The summed E-state index contributed by atoms with van der Waals surface area (Å²) >= 11 is 4.22. The van der Waals surface area contributed by atoms with Crippen LogP contribution >= 0.6 is 23.5 Å². The highest BCUT2D eigenvalue weighted by molar-refractivity contribution is 8.03. The van der Waals surface area contributed by atoms with Gasteiger partial charge in [-0.15, -0.1) is 11.8 Å². The maximum absolute atomic E-state index is 2.32. The average Bonchev–Trinajstić information content (AvgIpc) is 2.63. The summed E-state index contributed by atoms with van der Waals surface area (Å²) in [7, 11) is 0. The Morgan fingerprint density at radius 3 is 2.08 bits per heavy atom. The summed E-state index contributed by atoms with van der Waals surface area (Å²) in [6.07, 6.45) is 3.75. The lowest BCUT2D eigenvalue weighted by molar-refractivity contribution is 0.710. The Bertz CT molecular complexity index is 577. The molecule has 0 nitrogen and oxygen atoms in total. The topological polar surface area (TPSA) is 0 Å². The fourth-order valence-electron chi connectivity index (χ4n) is 3.00. The summed E-state index contributed by atoms with van der Waals surface area (Å²) in [5, 5.41) is 0. The molecule has 0 aliphatic rings. The van der Waals surface area contributed by atoms with Crippen molar-refractivity contribution in [2.45, 2.75) is 44.8 Å². The Morgan fingerprint density at radius 1 is 0.792 bits per heavy atom. The maximum Gasteiger partial charge on any atom is 0.0654 e. The van der Waals surface area contributed by atoms with Gasteiger partial charge in [-0.1, -0.05) is 80.4 Å². The van der Waals surface area contributed by atoms with Crippen LogP contribution in [0.4, 0.5) is 0 Å². The highest BCUT2D eigenvalue weighted by Gasteiger charge is 2.32. The number of thioether (sulfide) groups is 2. The van der Waals surface area contributed by atoms with Crippen LogP contribution in [0.2, 0.25) is 0 Å². The van der Waals surface area contributed by atoms with E-state index in [-0.39, 0.29) is 4.75 Å². The van der Waals surface area contributed by atoms with Crippen molar-refractivity contribution in [3.05, 3.63) is 71.3 Å². The van der Waals surface area contributed by atoms with Crippen molar-refractivity contribution in [3.8, 4) is 0 Å². The van der Waals surface area contributed by atoms with Gasteiger partial charge in [0.25, 0.3) is 0 Å². The summed E-state index contributed by atoms with van der Waals surface area (Å²) in [4.78, 5) is 0. The van der Waals surface area contributed by atoms with Crippen LogP contribution < -0.4 is 0 Å². The highest BCUT2D eigenvalue weighted by atomic mass is 32.2. The Labute approximate surface area is 156 Å². The van der Waals surface area contributed by atoms with Gasteiger partial charge in [-0.2, -0.15) is 11.8 Å². The minimum Gasteiger partial charge on any atom is -0.161 e. The van der Waals surface area contributed by atoms with Crippen LogP contribution in [0.15, 0.2) is 54.6 Å². The number of hydrogen-bond donors (Lipinski definition) is 0. The first kappa shape index (κ1) is 19.5. The average molecular weight is 359 g/mol. The Kier molecular flexibility index (Phi) is 8.28. The molecule has 0 aliphatic heterocycles. The molecule has 0 saturated carbocycles. The Morgan fingerprint density at radius 2 is 1.46 bits per heavy atom. The van der Waals surface area contributed by atoms with Crippen LogP contribution in [0.1, 0.15) is 49.8 Å². The zero-order chi connectivity index (χ0) is 17.3. The SMILES string of the molecule is CCCCSCCSC(CC)(c1ccccc1)c1ccc(C)cc1. The second-order valence-electron chi connectivity index (χ2n) is 6.23. The summed E-state index contributed by atoms with van der Waals surface area (Å²) in [5.74, 6) is 3.74. The molecule has 130 valence electrons. The van der Waals surface area contributed by atoms with Gasteiger partial charge in [-0.3, -0.25) is 0 Å². The lowest BCUT2D eigenvalue weighted by Gasteiger charge is -2.34. The number of unbranched alkanes of at least 4 members (excludes halogenated alkanes) is 1. The summed E-state index contributed by atoms with van der Waals surface area (Å²) < 4.78 is 0.0697. The third-order valence-corrected chi connectivity index (χ3v) is 7.46. The monoisotopic (exact) mass is 358 g/mol. The summed E-state index contributed by atoms with van der Waals surface area (Å²) in [6.45, 7) is 6.76. The van der Waals surface area contributed by atoms with Crippen LogP contribution in [-0.4, -0.2) is 17.3 Å². The molecule has 0 spiro atoms. The molecule has 2 rings (SSSR count). The fraction of sp³-hybridized carbons (Fsp3) is 0.455. The molecular weight excluding hydrogens is 328 g/mol. The van der Waals surface area contributed by atoms with E-state index in [1.807, 2.05) is 0 Å². The van der Waals surface area contributed by atoms with Crippen molar-refractivity contribution < 1.29 is 0 Å². The van der Waals surface area contributed by atoms with E-state index in [0.717, 1.165) is 6.42 Å². The molecule has 2 heteroatoms. The van der Waals surface area contributed by atoms with Gasteiger partial charge in [0.2, 0.25) is 0 Å².